The molecule has 0 bridgehead atoms. The van der Waals surface area contributed by atoms with Gasteiger partial charge in [0.15, 0.2) is 0 Å². The minimum atomic E-state index is -0.337. The van der Waals surface area contributed by atoms with Gasteiger partial charge in [-0.25, -0.2) is 9.07 Å². The maximum atomic E-state index is 13.2. The Hall–Kier alpha value is -2.76. The van der Waals surface area contributed by atoms with Crippen molar-refractivity contribution >= 4 is 0 Å². The van der Waals surface area contributed by atoms with Crippen LogP contribution >= 0.6 is 0 Å². The molecule has 3 rings (SSSR count). The highest BCUT2D eigenvalue weighted by Gasteiger charge is 2.05. The molecule has 0 saturated heterocycles. The first-order valence-corrected chi connectivity index (χ1v) is 6.05. The summed E-state index contributed by atoms with van der Waals surface area (Å²) >= 11 is 0. The second-order valence-electron chi connectivity index (χ2n) is 4.31. The van der Waals surface area contributed by atoms with Gasteiger partial charge in [-0.2, -0.15) is 10.2 Å². The summed E-state index contributed by atoms with van der Waals surface area (Å²) in [4.78, 5) is 11.8. The van der Waals surface area contributed by atoms with Crippen molar-refractivity contribution in [3.63, 3.8) is 0 Å². The Morgan fingerprint density at radius 2 is 2.10 bits per heavy atom. The summed E-state index contributed by atoms with van der Waals surface area (Å²) in [6.07, 6.45) is 1.61. The number of rotatable bonds is 3. The minimum absolute atomic E-state index is 0.222. The van der Waals surface area contributed by atoms with Gasteiger partial charge in [-0.05, 0) is 24.3 Å². The number of aromatic amines is 1. The third kappa shape index (κ3) is 2.49. The van der Waals surface area contributed by atoms with E-state index in [4.69, 9.17) is 0 Å². The molecule has 20 heavy (non-hydrogen) atoms. The molecule has 2 aromatic heterocycles. The third-order valence-electron chi connectivity index (χ3n) is 2.87. The summed E-state index contributed by atoms with van der Waals surface area (Å²) in [6, 6.07) is 10.9. The molecular weight excluding hydrogens is 259 g/mol. The van der Waals surface area contributed by atoms with E-state index >= 15 is 0 Å². The first-order valence-electron chi connectivity index (χ1n) is 6.05. The summed E-state index contributed by atoms with van der Waals surface area (Å²) in [5.74, 6) is -0.337. The van der Waals surface area contributed by atoms with Gasteiger partial charge in [0.25, 0.3) is 5.56 Å². The van der Waals surface area contributed by atoms with E-state index in [1.165, 1.54) is 22.9 Å². The van der Waals surface area contributed by atoms with E-state index < -0.39 is 0 Å². The van der Waals surface area contributed by atoms with Crippen LogP contribution in [0.1, 0.15) is 5.69 Å². The van der Waals surface area contributed by atoms with Crippen LogP contribution in [0, 0.1) is 5.82 Å². The largest absolute Gasteiger partial charge is 0.281 e. The molecule has 0 aliphatic carbocycles. The highest BCUT2D eigenvalue weighted by atomic mass is 19.1. The number of H-pyrrole nitrogens is 1. The van der Waals surface area contributed by atoms with Crippen LogP contribution in [-0.4, -0.2) is 20.0 Å². The monoisotopic (exact) mass is 270 g/mol. The van der Waals surface area contributed by atoms with Crippen LogP contribution in [0.4, 0.5) is 4.39 Å². The van der Waals surface area contributed by atoms with Gasteiger partial charge < -0.3 is 0 Å². The fourth-order valence-corrected chi connectivity index (χ4v) is 1.90. The zero-order valence-corrected chi connectivity index (χ0v) is 10.5. The van der Waals surface area contributed by atoms with Crippen LogP contribution in [-0.2, 0) is 6.54 Å². The summed E-state index contributed by atoms with van der Waals surface area (Å²) in [7, 11) is 0. The molecule has 1 aromatic carbocycles. The van der Waals surface area contributed by atoms with E-state index in [0.29, 0.717) is 17.8 Å². The molecule has 0 spiro atoms. The van der Waals surface area contributed by atoms with E-state index in [9.17, 15) is 9.18 Å². The lowest BCUT2D eigenvalue weighted by Crippen LogP contribution is -2.23. The predicted octanol–water partition coefficient (Wildman–Crippen LogP) is 1.82. The first kappa shape index (κ1) is 12.3. The fraction of sp³-hybridized carbons (Fsp3) is 0.0714. The number of aromatic nitrogens is 4. The van der Waals surface area contributed by atoms with Crippen LogP contribution < -0.4 is 5.56 Å². The Labute approximate surface area is 113 Å². The van der Waals surface area contributed by atoms with Crippen molar-refractivity contribution < 1.29 is 4.39 Å². The first-order chi connectivity index (χ1) is 9.72. The number of hydrogen-bond donors (Lipinski definition) is 1. The zero-order chi connectivity index (χ0) is 13.9. The molecule has 0 unspecified atom stereocenters. The predicted molar refractivity (Wildman–Crippen MR) is 71.6 cm³/mol. The van der Waals surface area contributed by atoms with Crippen molar-refractivity contribution in [3.05, 3.63) is 70.5 Å². The van der Waals surface area contributed by atoms with Crippen molar-refractivity contribution in [1.82, 2.24) is 20.0 Å². The SMILES string of the molecule is O=c1ccc(-c2cccc(F)c2)nn1Cc1ccn[nH]1. The minimum Gasteiger partial charge on any atom is -0.281 e. The average molecular weight is 270 g/mol. The molecule has 0 fully saturated rings. The fourth-order valence-electron chi connectivity index (χ4n) is 1.90. The van der Waals surface area contributed by atoms with Gasteiger partial charge in [0.2, 0.25) is 0 Å². The Bertz CT molecular complexity index is 780. The van der Waals surface area contributed by atoms with Crippen LogP contribution in [0.15, 0.2) is 53.5 Å². The molecule has 0 atom stereocenters. The molecule has 5 nitrogen and oxygen atoms in total. The van der Waals surface area contributed by atoms with Gasteiger partial charge >= 0.3 is 0 Å². The topological polar surface area (TPSA) is 63.6 Å². The van der Waals surface area contributed by atoms with E-state index in [0.717, 1.165) is 5.69 Å². The Balaban J connectivity index is 2.00. The Morgan fingerprint density at radius 3 is 2.85 bits per heavy atom. The number of benzene rings is 1. The molecule has 0 aliphatic heterocycles. The van der Waals surface area contributed by atoms with Crippen molar-refractivity contribution in [2.75, 3.05) is 0 Å². The molecule has 1 N–H and O–H groups in total. The molecular formula is C14H11FN4O. The van der Waals surface area contributed by atoms with E-state index in [1.807, 2.05) is 0 Å². The van der Waals surface area contributed by atoms with Crippen LogP contribution in [0.2, 0.25) is 0 Å². The normalized spacial score (nSPS) is 10.7. The lowest BCUT2D eigenvalue weighted by molar-refractivity contribution is 0.623. The van der Waals surface area contributed by atoms with E-state index in [1.54, 1.807) is 30.5 Å². The highest BCUT2D eigenvalue weighted by molar-refractivity contribution is 5.58. The molecule has 0 saturated carbocycles. The number of nitrogens with one attached hydrogen (secondary N) is 1. The third-order valence-corrected chi connectivity index (χ3v) is 2.87. The van der Waals surface area contributed by atoms with Crippen molar-refractivity contribution in [2.24, 2.45) is 0 Å². The summed E-state index contributed by atoms with van der Waals surface area (Å²) in [5.41, 5.74) is 1.72. The standard InChI is InChI=1S/C14H11FN4O/c15-11-3-1-2-10(8-11)13-4-5-14(20)19(18-13)9-12-6-7-16-17-12/h1-8H,9H2,(H,16,17). The van der Waals surface area contributed by atoms with Crippen molar-refractivity contribution in [1.29, 1.82) is 0 Å². The van der Waals surface area contributed by atoms with Gasteiger partial charge in [-0.1, -0.05) is 12.1 Å². The molecule has 0 amide bonds. The Morgan fingerprint density at radius 1 is 1.20 bits per heavy atom. The van der Waals surface area contributed by atoms with Gasteiger partial charge in [0, 0.05) is 17.8 Å². The maximum absolute atomic E-state index is 13.2. The van der Waals surface area contributed by atoms with Crippen LogP contribution in [0.25, 0.3) is 11.3 Å². The highest BCUT2D eigenvalue weighted by Crippen LogP contribution is 2.16. The molecule has 0 radical (unpaired) electrons. The number of halogens is 1. The second-order valence-corrected chi connectivity index (χ2v) is 4.31. The van der Waals surface area contributed by atoms with Gasteiger partial charge in [-0.3, -0.25) is 9.89 Å². The lowest BCUT2D eigenvalue weighted by atomic mass is 10.1. The van der Waals surface area contributed by atoms with E-state index in [2.05, 4.69) is 15.3 Å². The number of hydrogen-bond acceptors (Lipinski definition) is 3. The van der Waals surface area contributed by atoms with Crippen LogP contribution in [0.5, 0.6) is 0 Å². The second kappa shape index (κ2) is 5.08. The van der Waals surface area contributed by atoms with E-state index in [-0.39, 0.29) is 11.4 Å². The van der Waals surface area contributed by atoms with Crippen molar-refractivity contribution in [2.45, 2.75) is 6.54 Å². The quantitative estimate of drug-likeness (QED) is 0.789. The molecule has 6 heteroatoms. The average Bonchev–Trinajstić information content (AvgIpc) is 2.94. The van der Waals surface area contributed by atoms with Gasteiger partial charge in [0.1, 0.15) is 5.82 Å². The summed E-state index contributed by atoms with van der Waals surface area (Å²) in [6.45, 7) is 0.294. The number of nitrogens with zero attached hydrogens (tertiary/aromatic N) is 3. The zero-order valence-electron chi connectivity index (χ0n) is 10.5. The van der Waals surface area contributed by atoms with Crippen molar-refractivity contribution in [3.8, 4) is 11.3 Å². The van der Waals surface area contributed by atoms with Gasteiger partial charge in [-0.15, -0.1) is 0 Å². The lowest BCUT2D eigenvalue weighted by Gasteiger charge is -2.06. The van der Waals surface area contributed by atoms with Crippen LogP contribution in [0.3, 0.4) is 0 Å². The van der Waals surface area contributed by atoms with Gasteiger partial charge in [0.05, 0.1) is 17.9 Å². The molecule has 0 aliphatic rings. The molecule has 3 aromatic rings. The summed E-state index contributed by atoms with van der Waals surface area (Å²) in [5, 5.41) is 10.8. The maximum Gasteiger partial charge on any atom is 0.267 e. The Kier molecular flexibility index (Phi) is 3.12. The smallest absolute Gasteiger partial charge is 0.267 e. The summed E-state index contributed by atoms with van der Waals surface area (Å²) < 4.78 is 14.5. The molecule has 2 heterocycles. The molecule has 100 valence electrons.